The second-order valence-electron chi connectivity index (χ2n) is 3.75. The molecule has 1 unspecified atom stereocenters. The second kappa shape index (κ2) is 2.63. The third kappa shape index (κ3) is 0.985. The summed E-state index contributed by atoms with van der Waals surface area (Å²) in [5, 5.41) is 0. The topological polar surface area (TPSA) is 30.9 Å². The predicted octanol–water partition coefficient (Wildman–Crippen LogP) is 1.76. The van der Waals surface area contributed by atoms with E-state index in [2.05, 4.69) is 24.5 Å². The Kier molecular flexibility index (Phi) is 1.72. The van der Waals surface area contributed by atoms with E-state index in [1.165, 1.54) is 36.3 Å². The Hall–Kier alpha value is -0.760. The van der Waals surface area contributed by atoms with E-state index >= 15 is 0 Å². The minimum atomic E-state index is 0.178. The molecule has 1 atom stereocenters. The normalized spacial score (nSPS) is 17.9. The van der Waals surface area contributed by atoms with Crippen LogP contribution in [0.1, 0.15) is 36.3 Å². The van der Waals surface area contributed by atoms with Crippen LogP contribution in [0.15, 0.2) is 6.07 Å². The summed E-state index contributed by atoms with van der Waals surface area (Å²) in [6, 6.07) is 2.46. The molecule has 2 rings (SSSR count). The number of hydrogen-bond acceptors (Lipinski definition) is 1. The number of nitrogens with zero attached hydrogens (tertiary/aromatic N) is 1. The largest absolute Gasteiger partial charge is 0.347 e. The monoisotopic (exact) mass is 164 g/mol. The first-order valence-corrected chi connectivity index (χ1v) is 4.64. The number of hydrogen-bond donors (Lipinski definition) is 1. The van der Waals surface area contributed by atoms with Crippen molar-refractivity contribution in [3.63, 3.8) is 0 Å². The van der Waals surface area contributed by atoms with Crippen molar-refractivity contribution < 1.29 is 0 Å². The fourth-order valence-electron chi connectivity index (χ4n) is 2.26. The second-order valence-corrected chi connectivity index (χ2v) is 3.75. The van der Waals surface area contributed by atoms with E-state index in [0.717, 1.165) is 0 Å². The molecule has 66 valence electrons. The molecule has 0 aromatic carbocycles. The maximum Gasteiger partial charge on any atom is 0.0423 e. The van der Waals surface area contributed by atoms with Crippen molar-refractivity contribution >= 4 is 0 Å². The molecule has 12 heavy (non-hydrogen) atoms. The molecular formula is C10H16N2. The summed E-state index contributed by atoms with van der Waals surface area (Å²) in [5.41, 5.74) is 10.1. The zero-order chi connectivity index (χ0) is 8.72. The Morgan fingerprint density at radius 2 is 2.33 bits per heavy atom. The Morgan fingerprint density at radius 3 is 3.00 bits per heavy atom. The standard InChI is InChI=1S/C10H16N2/c1-7-6-9-4-3-5-12(9)10(7)8(2)11/h6,8H,3-5,11H2,1-2H3. The highest BCUT2D eigenvalue weighted by Crippen LogP contribution is 2.26. The summed E-state index contributed by atoms with van der Waals surface area (Å²) in [7, 11) is 0. The Labute approximate surface area is 73.4 Å². The van der Waals surface area contributed by atoms with Crippen molar-refractivity contribution in [3.8, 4) is 0 Å². The van der Waals surface area contributed by atoms with Crippen molar-refractivity contribution in [1.29, 1.82) is 0 Å². The Bertz CT molecular complexity index is 297. The first-order valence-electron chi connectivity index (χ1n) is 4.64. The first kappa shape index (κ1) is 7.87. The van der Waals surface area contributed by atoms with Crippen LogP contribution < -0.4 is 5.73 Å². The molecule has 1 aliphatic rings. The van der Waals surface area contributed by atoms with E-state index in [1.54, 1.807) is 0 Å². The lowest BCUT2D eigenvalue weighted by atomic mass is 10.1. The number of aromatic nitrogens is 1. The minimum Gasteiger partial charge on any atom is -0.347 e. The van der Waals surface area contributed by atoms with Gasteiger partial charge in [0, 0.05) is 24.0 Å². The molecule has 0 saturated carbocycles. The van der Waals surface area contributed by atoms with E-state index in [9.17, 15) is 0 Å². The van der Waals surface area contributed by atoms with Gasteiger partial charge in [-0.25, -0.2) is 0 Å². The lowest BCUT2D eigenvalue weighted by Crippen LogP contribution is -2.12. The average Bonchev–Trinajstić information content (AvgIpc) is 2.44. The van der Waals surface area contributed by atoms with Crippen LogP contribution in [0.2, 0.25) is 0 Å². The third-order valence-electron chi connectivity index (χ3n) is 2.67. The molecule has 1 aromatic heterocycles. The molecule has 0 fully saturated rings. The van der Waals surface area contributed by atoms with E-state index < -0.39 is 0 Å². The van der Waals surface area contributed by atoms with Gasteiger partial charge in [-0.1, -0.05) is 0 Å². The van der Waals surface area contributed by atoms with E-state index in [0.29, 0.717) is 0 Å². The number of fused-ring (bicyclic) bond motifs is 1. The first-order chi connectivity index (χ1) is 5.70. The highest BCUT2D eigenvalue weighted by molar-refractivity contribution is 5.30. The van der Waals surface area contributed by atoms with Crippen molar-refractivity contribution in [2.24, 2.45) is 5.73 Å². The van der Waals surface area contributed by atoms with Crippen molar-refractivity contribution in [3.05, 3.63) is 23.0 Å². The van der Waals surface area contributed by atoms with Gasteiger partial charge in [-0.15, -0.1) is 0 Å². The molecule has 1 aromatic rings. The zero-order valence-corrected chi connectivity index (χ0v) is 7.80. The summed E-state index contributed by atoms with van der Waals surface area (Å²) in [4.78, 5) is 0. The van der Waals surface area contributed by atoms with Gasteiger partial charge in [0.05, 0.1) is 0 Å². The quantitative estimate of drug-likeness (QED) is 0.673. The van der Waals surface area contributed by atoms with E-state index in [4.69, 9.17) is 5.73 Å². The summed E-state index contributed by atoms with van der Waals surface area (Å²) in [6.07, 6.45) is 2.52. The average molecular weight is 164 g/mol. The fourth-order valence-corrected chi connectivity index (χ4v) is 2.26. The molecule has 0 radical (unpaired) electrons. The van der Waals surface area contributed by atoms with E-state index in [1.807, 2.05) is 0 Å². The molecule has 0 amide bonds. The maximum absolute atomic E-state index is 5.91. The van der Waals surface area contributed by atoms with Crippen LogP contribution in [0.25, 0.3) is 0 Å². The van der Waals surface area contributed by atoms with Crippen LogP contribution in [-0.2, 0) is 13.0 Å². The van der Waals surface area contributed by atoms with Gasteiger partial charge in [-0.05, 0) is 38.3 Å². The van der Waals surface area contributed by atoms with Crippen LogP contribution in [-0.4, -0.2) is 4.57 Å². The van der Waals surface area contributed by atoms with Crippen molar-refractivity contribution in [2.75, 3.05) is 0 Å². The lowest BCUT2D eigenvalue weighted by Gasteiger charge is -2.10. The Morgan fingerprint density at radius 1 is 1.58 bits per heavy atom. The molecular weight excluding hydrogens is 148 g/mol. The van der Waals surface area contributed by atoms with Crippen LogP contribution in [0.4, 0.5) is 0 Å². The Balaban J connectivity index is 2.52. The van der Waals surface area contributed by atoms with Gasteiger partial charge in [0.25, 0.3) is 0 Å². The molecule has 2 heteroatoms. The van der Waals surface area contributed by atoms with Gasteiger partial charge in [0.15, 0.2) is 0 Å². The van der Waals surface area contributed by atoms with Gasteiger partial charge in [-0.3, -0.25) is 0 Å². The van der Waals surface area contributed by atoms with E-state index in [-0.39, 0.29) is 6.04 Å². The molecule has 2 heterocycles. The van der Waals surface area contributed by atoms with Crippen molar-refractivity contribution in [1.82, 2.24) is 4.57 Å². The lowest BCUT2D eigenvalue weighted by molar-refractivity contribution is 0.652. The maximum atomic E-state index is 5.91. The smallest absolute Gasteiger partial charge is 0.0423 e. The van der Waals surface area contributed by atoms with Crippen LogP contribution in [0.3, 0.4) is 0 Å². The molecule has 1 aliphatic heterocycles. The predicted molar refractivity (Wildman–Crippen MR) is 50.1 cm³/mol. The van der Waals surface area contributed by atoms with Crippen molar-refractivity contribution in [2.45, 2.75) is 39.3 Å². The number of nitrogens with two attached hydrogens (primary N) is 1. The molecule has 0 spiro atoms. The summed E-state index contributed by atoms with van der Waals surface area (Å²) in [5.74, 6) is 0. The van der Waals surface area contributed by atoms with Gasteiger partial charge in [0.2, 0.25) is 0 Å². The highest BCUT2D eigenvalue weighted by atomic mass is 15.0. The van der Waals surface area contributed by atoms with Crippen LogP contribution in [0, 0.1) is 6.92 Å². The number of rotatable bonds is 1. The molecule has 2 N–H and O–H groups in total. The SMILES string of the molecule is Cc1cc2n(c1C(C)N)CCC2. The third-order valence-corrected chi connectivity index (χ3v) is 2.67. The highest BCUT2D eigenvalue weighted by Gasteiger charge is 2.18. The minimum absolute atomic E-state index is 0.178. The number of aryl methyl sites for hydroxylation is 2. The van der Waals surface area contributed by atoms with Gasteiger partial charge in [-0.2, -0.15) is 0 Å². The molecule has 0 saturated heterocycles. The fraction of sp³-hybridized carbons (Fsp3) is 0.600. The molecule has 0 bridgehead atoms. The molecule has 2 nitrogen and oxygen atoms in total. The van der Waals surface area contributed by atoms with Gasteiger partial charge >= 0.3 is 0 Å². The summed E-state index contributed by atoms with van der Waals surface area (Å²) in [6.45, 7) is 5.39. The summed E-state index contributed by atoms with van der Waals surface area (Å²) < 4.78 is 2.39. The molecule has 0 aliphatic carbocycles. The summed E-state index contributed by atoms with van der Waals surface area (Å²) >= 11 is 0. The van der Waals surface area contributed by atoms with Gasteiger partial charge in [0.1, 0.15) is 0 Å². The van der Waals surface area contributed by atoms with Crippen LogP contribution in [0.5, 0.6) is 0 Å². The zero-order valence-electron chi connectivity index (χ0n) is 7.80. The van der Waals surface area contributed by atoms with Crippen LogP contribution >= 0.6 is 0 Å². The van der Waals surface area contributed by atoms with Gasteiger partial charge < -0.3 is 10.3 Å².